The zero-order chi connectivity index (χ0) is 20.4. The third-order valence-electron chi connectivity index (χ3n) is 4.70. The largest absolute Gasteiger partial charge is 0.493 e. The van der Waals surface area contributed by atoms with Gasteiger partial charge in [0.1, 0.15) is 18.4 Å². The number of nitrogens with zero attached hydrogens (tertiary/aromatic N) is 3. The Labute approximate surface area is 165 Å². The molecule has 0 aliphatic heterocycles. The number of carbonyl (C=O) groups is 1. The van der Waals surface area contributed by atoms with E-state index in [4.69, 9.17) is 13.9 Å². The van der Waals surface area contributed by atoms with Crippen molar-refractivity contribution in [1.29, 1.82) is 0 Å². The van der Waals surface area contributed by atoms with E-state index in [0.717, 1.165) is 15.8 Å². The molecule has 0 fully saturated rings. The molecule has 0 unspecified atom stereocenters. The molecule has 0 spiro atoms. The Bertz CT molecular complexity index is 1240. The standard InChI is InChI=1S/C20H20N4O5/c1-27-16-4-3-13(9-18(16)28-2)5-7-21-19(25)11-24-20(26)15-10-17-14(6-8-29-17)23(15)12-22-24/h3-4,6,8-10,12H,5,7,11H2,1-2H3,(H,21,25). The van der Waals surface area contributed by atoms with Crippen LogP contribution < -0.4 is 20.3 Å². The van der Waals surface area contributed by atoms with Gasteiger partial charge in [-0.3, -0.25) is 14.0 Å². The lowest BCUT2D eigenvalue weighted by Gasteiger charge is -2.10. The van der Waals surface area contributed by atoms with Crippen molar-refractivity contribution in [2.45, 2.75) is 13.0 Å². The monoisotopic (exact) mass is 396 g/mol. The molecule has 9 nitrogen and oxygen atoms in total. The summed E-state index contributed by atoms with van der Waals surface area (Å²) in [4.78, 5) is 24.8. The summed E-state index contributed by atoms with van der Waals surface area (Å²) in [6.45, 7) is 0.261. The van der Waals surface area contributed by atoms with Crippen LogP contribution in [0.25, 0.3) is 16.6 Å². The van der Waals surface area contributed by atoms with Gasteiger partial charge in [0.15, 0.2) is 17.1 Å². The van der Waals surface area contributed by atoms with Crippen LogP contribution in [0.5, 0.6) is 11.5 Å². The Morgan fingerprint density at radius 3 is 2.76 bits per heavy atom. The molecule has 29 heavy (non-hydrogen) atoms. The van der Waals surface area contributed by atoms with Gasteiger partial charge in [-0.05, 0) is 24.1 Å². The van der Waals surface area contributed by atoms with Crippen molar-refractivity contribution in [2.75, 3.05) is 20.8 Å². The van der Waals surface area contributed by atoms with E-state index < -0.39 is 0 Å². The molecule has 0 radical (unpaired) electrons. The fourth-order valence-electron chi connectivity index (χ4n) is 3.22. The number of rotatable bonds is 7. The van der Waals surface area contributed by atoms with Crippen LogP contribution in [-0.4, -0.2) is 40.9 Å². The van der Waals surface area contributed by atoms with Gasteiger partial charge in [0.05, 0.1) is 26.0 Å². The summed E-state index contributed by atoms with van der Waals surface area (Å²) >= 11 is 0. The minimum Gasteiger partial charge on any atom is -0.493 e. The van der Waals surface area contributed by atoms with Crippen molar-refractivity contribution in [3.8, 4) is 11.5 Å². The highest BCUT2D eigenvalue weighted by Gasteiger charge is 2.13. The Kier molecular flexibility index (Phi) is 4.94. The normalized spacial score (nSPS) is 11.1. The summed E-state index contributed by atoms with van der Waals surface area (Å²) in [7, 11) is 3.16. The van der Waals surface area contributed by atoms with Crippen molar-refractivity contribution in [2.24, 2.45) is 0 Å². The van der Waals surface area contributed by atoms with E-state index >= 15 is 0 Å². The van der Waals surface area contributed by atoms with Crippen LogP contribution in [0, 0.1) is 0 Å². The van der Waals surface area contributed by atoms with Gasteiger partial charge in [0, 0.05) is 18.7 Å². The van der Waals surface area contributed by atoms with Gasteiger partial charge in [-0.25, -0.2) is 4.68 Å². The second-order valence-corrected chi connectivity index (χ2v) is 6.45. The Balaban J connectivity index is 1.40. The number of nitrogens with one attached hydrogen (secondary N) is 1. The summed E-state index contributed by atoms with van der Waals surface area (Å²) in [5.74, 6) is 0.997. The van der Waals surface area contributed by atoms with Crippen molar-refractivity contribution in [1.82, 2.24) is 19.5 Å². The highest BCUT2D eigenvalue weighted by atomic mass is 16.5. The molecule has 4 rings (SSSR count). The number of hydrogen-bond acceptors (Lipinski definition) is 6. The third-order valence-corrected chi connectivity index (χ3v) is 4.70. The molecule has 1 amide bonds. The average molecular weight is 396 g/mol. The van der Waals surface area contributed by atoms with Crippen LogP contribution in [0.2, 0.25) is 0 Å². The average Bonchev–Trinajstić information content (AvgIpc) is 3.32. The second-order valence-electron chi connectivity index (χ2n) is 6.45. The highest BCUT2D eigenvalue weighted by Crippen LogP contribution is 2.27. The van der Waals surface area contributed by atoms with Gasteiger partial charge >= 0.3 is 0 Å². The molecule has 1 N–H and O–H groups in total. The first-order chi connectivity index (χ1) is 14.1. The van der Waals surface area contributed by atoms with Crippen LogP contribution in [0.15, 0.2) is 52.1 Å². The third kappa shape index (κ3) is 3.54. The first-order valence-electron chi connectivity index (χ1n) is 9.02. The Morgan fingerprint density at radius 1 is 1.14 bits per heavy atom. The lowest BCUT2D eigenvalue weighted by Crippen LogP contribution is -2.35. The van der Waals surface area contributed by atoms with E-state index in [-0.39, 0.29) is 18.0 Å². The molecule has 4 aromatic rings. The summed E-state index contributed by atoms with van der Waals surface area (Å²) in [6.07, 6.45) is 3.67. The Hall–Kier alpha value is -3.75. The fourth-order valence-corrected chi connectivity index (χ4v) is 3.22. The van der Waals surface area contributed by atoms with E-state index in [1.165, 1.54) is 6.33 Å². The number of benzene rings is 1. The van der Waals surface area contributed by atoms with Crippen molar-refractivity contribution in [3.63, 3.8) is 0 Å². The first kappa shape index (κ1) is 18.6. The van der Waals surface area contributed by atoms with Gasteiger partial charge in [0.2, 0.25) is 5.91 Å². The quantitative estimate of drug-likeness (QED) is 0.510. The SMILES string of the molecule is COc1ccc(CCNC(=O)Cn2ncn3c(cc4occc43)c2=O)cc1OC. The molecule has 9 heteroatoms. The number of carbonyl (C=O) groups excluding carboxylic acids is 1. The van der Waals surface area contributed by atoms with Crippen LogP contribution in [-0.2, 0) is 17.8 Å². The van der Waals surface area contributed by atoms with Crippen LogP contribution >= 0.6 is 0 Å². The van der Waals surface area contributed by atoms with Crippen molar-refractivity contribution < 1.29 is 18.7 Å². The Morgan fingerprint density at radius 2 is 1.97 bits per heavy atom. The number of furan rings is 1. The number of hydrogen-bond donors (Lipinski definition) is 1. The van der Waals surface area contributed by atoms with E-state index in [1.54, 1.807) is 37.0 Å². The first-order valence-corrected chi connectivity index (χ1v) is 9.02. The van der Waals surface area contributed by atoms with E-state index in [9.17, 15) is 9.59 Å². The minimum absolute atomic E-state index is 0.159. The van der Waals surface area contributed by atoms with Crippen molar-refractivity contribution in [3.05, 3.63) is 58.8 Å². The molecule has 0 aliphatic rings. The molecule has 1 aromatic carbocycles. The van der Waals surface area contributed by atoms with Gasteiger partial charge in [-0.15, -0.1) is 0 Å². The van der Waals surface area contributed by atoms with Crippen LogP contribution in [0.3, 0.4) is 0 Å². The van der Waals surface area contributed by atoms with Gasteiger partial charge in [-0.1, -0.05) is 6.07 Å². The smallest absolute Gasteiger partial charge is 0.291 e. The highest BCUT2D eigenvalue weighted by molar-refractivity contribution is 5.82. The maximum Gasteiger partial charge on any atom is 0.291 e. The molecular formula is C20H20N4O5. The molecule has 0 saturated carbocycles. The maximum atomic E-state index is 12.6. The van der Waals surface area contributed by atoms with Crippen LogP contribution in [0.1, 0.15) is 5.56 Å². The molecule has 0 saturated heterocycles. The van der Waals surface area contributed by atoms with Gasteiger partial charge in [0.25, 0.3) is 5.56 Å². The molecule has 150 valence electrons. The summed E-state index contributed by atoms with van der Waals surface area (Å²) in [6, 6.07) is 9.01. The van der Waals surface area contributed by atoms with Gasteiger partial charge in [-0.2, -0.15) is 5.10 Å². The minimum atomic E-state index is -0.353. The topological polar surface area (TPSA) is 100 Å². The van der Waals surface area contributed by atoms with Gasteiger partial charge < -0.3 is 19.2 Å². The van der Waals surface area contributed by atoms with Crippen molar-refractivity contribution >= 4 is 22.5 Å². The second kappa shape index (κ2) is 7.70. The molecule has 3 aromatic heterocycles. The molecule has 3 heterocycles. The predicted octanol–water partition coefficient (Wildman–Crippen LogP) is 1.62. The molecule has 0 atom stereocenters. The molecular weight excluding hydrogens is 376 g/mol. The predicted molar refractivity (Wildman–Crippen MR) is 105 cm³/mol. The number of methoxy groups -OCH3 is 2. The number of amides is 1. The lowest BCUT2D eigenvalue weighted by atomic mass is 10.1. The van der Waals surface area contributed by atoms with Crippen LogP contribution in [0.4, 0.5) is 0 Å². The van der Waals surface area contributed by atoms with E-state index in [2.05, 4.69) is 10.4 Å². The summed E-state index contributed by atoms with van der Waals surface area (Å²) < 4.78 is 18.6. The zero-order valence-electron chi connectivity index (χ0n) is 16.0. The molecule has 0 aliphatic carbocycles. The number of aromatic nitrogens is 3. The number of fused-ring (bicyclic) bond motifs is 3. The summed E-state index contributed by atoms with van der Waals surface area (Å²) in [5.41, 5.74) is 2.41. The van der Waals surface area contributed by atoms with E-state index in [0.29, 0.717) is 35.6 Å². The summed E-state index contributed by atoms with van der Waals surface area (Å²) in [5, 5.41) is 6.90. The zero-order valence-corrected chi connectivity index (χ0v) is 16.0. The fraction of sp³-hybridized carbons (Fsp3) is 0.250. The lowest BCUT2D eigenvalue weighted by molar-refractivity contribution is -0.121. The maximum absolute atomic E-state index is 12.6. The van der Waals surface area contributed by atoms with E-state index in [1.807, 2.05) is 18.2 Å². The molecule has 0 bridgehead atoms. The number of ether oxygens (including phenoxy) is 2.